The lowest BCUT2D eigenvalue weighted by atomic mass is 9.80. The van der Waals surface area contributed by atoms with Gasteiger partial charge in [0.05, 0.1) is 13.2 Å². The van der Waals surface area contributed by atoms with Crippen molar-refractivity contribution in [2.45, 2.75) is 57.2 Å². The van der Waals surface area contributed by atoms with Gasteiger partial charge in [0.15, 0.2) is 11.6 Å². The highest BCUT2D eigenvalue weighted by molar-refractivity contribution is 6.01. The van der Waals surface area contributed by atoms with E-state index in [1.54, 1.807) is 0 Å². The minimum absolute atomic E-state index is 0.0556. The van der Waals surface area contributed by atoms with Gasteiger partial charge in [-0.25, -0.2) is 10.4 Å². The number of nitrogens with zero attached hydrogens (tertiary/aromatic N) is 4. The molecule has 0 saturated heterocycles. The van der Waals surface area contributed by atoms with Gasteiger partial charge in [0.1, 0.15) is 5.75 Å². The van der Waals surface area contributed by atoms with Crippen molar-refractivity contribution < 1.29 is 19.4 Å². The number of hydrazine groups is 1. The van der Waals surface area contributed by atoms with Crippen LogP contribution >= 0.6 is 0 Å². The van der Waals surface area contributed by atoms with Gasteiger partial charge in [-0.3, -0.25) is 10.2 Å². The van der Waals surface area contributed by atoms with Crippen LogP contribution in [0.25, 0.3) is 21.6 Å². The molecule has 1 aliphatic rings. The predicted octanol–water partition coefficient (Wildman–Crippen LogP) is 7.24. The number of carbonyl (C=O) groups excluding carboxylic acids is 1. The van der Waals surface area contributed by atoms with E-state index in [0.717, 1.165) is 47.1 Å². The number of hydrogen-bond acceptors (Lipinski definition) is 7. The van der Waals surface area contributed by atoms with Crippen molar-refractivity contribution in [3.05, 3.63) is 136 Å². The van der Waals surface area contributed by atoms with Crippen molar-refractivity contribution in [1.29, 1.82) is 0 Å². The second-order valence-electron chi connectivity index (χ2n) is 11.7. The normalized spacial score (nSPS) is 16.8. The molecule has 4 aromatic carbocycles. The highest BCUT2D eigenvalue weighted by atomic mass is 16.5. The monoisotopic (exact) mass is 646 g/mol. The molecule has 0 saturated carbocycles. The number of aliphatic hydroxyl groups is 1. The van der Waals surface area contributed by atoms with E-state index >= 15 is 0 Å². The zero-order valence-electron chi connectivity index (χ0n) is 27.2. The lowest BCUT2D eigenvalue weighted by Gasteiger charge is -2.31. The van der Waals surface area contributed by atoms with Crippen molar-refractivity contribution in [2.24, 2.45) is 10.1 Å². The van der Waals surface area contributed by atoms with E-state index in [-0.39, 0.29) is 25.5 Å². The summed E-state index contributed by atoms with van der Waals surface area (Å²) in [5.74, 6) is 0.669. The van der Waals surface area contributed by atoms with Crippen molar-refractivity contribution in [2.75, 3.05) is 19.8 Å². The van der Waals surface area contributed by atoms with Crippen LogP contribution in [0, 0.1) is 0 Å². The molecule has 248 valence electrons. The SMILES string of the molecule is CCCCCNNC(=O)[C@@]1(Cc2ccccc2CN=[N+]=[N-])N=C(c2ccc(OCCCO)cc2)O[C@H]1c1ccc(-c2ccccc2)cc1. The zero-order valence-corrected chi connectivity index (χ0v) is 27.2. The number of aliphatic hydroxyl groups excluding tert-OH is 1. The molecule has 3 N–H and O–H groups in total. The molecule has 0 spiro atoms. The Bertz CT molecular complexity index is 1710. The van der Waals surface area contributed by atoms with E-state index in [9.17, 15) is 4.79 Å². The average Bonchev–Trinajstić information content (AvgIpc) is 3.52. The second kappa shape index (κ2) is 17.1. The topological polar surface area (TPSA) is 141 Å². The molecule has 1 heterocycles. The van der Waals surface area contributed by atoms with Gasteiger partial charge in [-0.05, 0) is 64.0 Å². The van der Waals surface area contributed by atoms with Crippen LogP contribution in [-0.2, 0) is 22.5 Å². The number of carbonyl (C=O) groups is 1. The Kier molecular flexibility index (Phi) is 12.2. The number of unbranched alkanes of at least 4 members (excludes halogenated alkanes) is 2. The molecule has 1 amide bonds. The molecule has 0 bridgehead atoms. The van der Waals surface area contributed by atoms with Gasteiger partial charge in [0, 0.05) is 36.5 Å². The highest BCUT2D eigenvalue weighted by Crippen LogP contribution is 2.43. The fourth-order valence-corrected chi connectivity index (χ4v) is 5.76. The van der Waals surface area contributed by atoms with Crippen molar-refractivity contribution in [3.63, 3.8) is 0 Å². The minimum Gasteiger partial charge on any atom is -0.494 e. The fraction of sp³-hybridized carbons (Fsp3) is 0.316. The third-order valence-electron chi connectivity index (χ3n) is 8.34. The summed E-state index contributed by atoms with van der Waals surface area (Å²) in [7, 11) is 0. The zero-order chi connectivity index (χ0) is 33.6. The summed E-state index contributed by atoms with van der Waals surface area (Å²) in [6.45, 7) is 3.35. The number of nitrogens with one attached hydrogen (secondary N) is 2. The van der Waals surface area contributed by atoms with Gasteiger partial charge in [-0.15, -0.1) is 0 Å². The molecule has 4 aromatic rings. The van der Waals surface area contributed by atoms with Gasteiger partial charge >= 0.3 is 0 Å². The summed E-state index contributed by atoms with van der Waals surface area (Å²) in [6.07, 6.45) is 2.98. The Balaban J connectivity index is 1.57. The number of hydrogen-bond donors (Lipinski definition) is 3. The maximum Gasteiger partial charge on any atom is 0.266 e. The third kappa shape index (κ3) is 8.41. The fourth-order valence-electron chi connectivity index (χ4n) is 5.76. The van der Waals surface area contributed by atoms with E-state index in [0.29, 0.717) is 36.8 Å². The molecule has 10 heteroatoms. The maximum atomic E-state index is 14.5. The van der Waals surface area contributed by atoms with Crippen LogP contribution in [0.4, 0.5) is 0 Å². The van der Waals surface area contributed by atoms with E-state index in [1.807, 2.05) is 91.0 Å². The lowest BCUT2D eigenvalue weighted by Crippen LogP contribution is -2.54. The minimum atomic E-state index is -1.41. The molecule has 0 unspecified atom stereocenters. The number of amides is 1. The van der Waals surface area contributed by atoms with Crippen molar-refractivity contribution in [1.82, 2.24) is 10.9 Å². The van der Waals surface area contributed by atoms with Crippen molar-refractivity contribution in [3.8, 4) is 16.9 Å². The number of benzene rings is 4. The Hall–Kier alpha value is -5.15. The van der Waals surface area contributed by atoms with Gasteiger partial charge in [-0.1, -0.05) is 104 Å². The summed E-state index contributed by atoms with van der Waals surface area (Å²) in [5, 5.41) is 12.9. The summed E-state index contributed by atoms with van der Waals surface area (Å²) in [6, 6.07) is 33.2. The standard InChI is InChI=1S/C38H42N6O4/c1-2-3-9-23-40-43-37(46)38(26-32-13-7-8-14-33(32)27-41-44-39)35(30-17-15-29(16-18-30)28-11-5-4-6-12-28)48-36(42-38)31-19-21-34(22-20-31)47-25-10-24-45/h4-8,11-22,35,40,45H,2-3,9-10,23-27H2,1H3,(H,43,46)/t35-,38-/m0/s1. The molecule has 0 aromatic heterocycles. The maximum absolute atomic E-state index is 14.5. The summed E-state index contributed by atoms with van der Waals surface area (Å²) >= 11 is 0. The second-order valence-corrected chi connectivity index (χ2v) is 11.7. The van der Waals surface area contributed by atoms with Crippen LogP contribution in [-0.4, -0.2) is 42.2 Å². The number of azide groups is 1. The first kappa shape index (κ1) is 34.2. The van der Waals surface area contributed by atoms with E-state index in [4.69, 9.17) is 25.1 Å². The molecule has 0 fully saturated rings. The molecule has 5 rings (SSSR count). The van der Waals surface area contributed by atoms with Crippen LogP contribution < -0.4 is 15.6 Å². The van der Waals surface area contributed by atoms with Crippen molar-refractivity contribution >= 4 is 11.8 Å². The Labute approximate surface area is 281 Å². The smallest absolute Gasteiger partial charge is 0.266 e. The highest BCUT2D eigenvalue weighted by Gasteiger charge is 2.53. The predicted molar refractivity (Wildman–Crippen MR) is 187 cm³/mol. The van der Waals surface area contributed by atoms with Gasteiger partial charge < -0.3 is 14.6 Å². The van der Waals surface area contributed by atoms with Gasteiger partial charge in [0.2, 0.25) is 5.90 Å². The summed E-state index contributed by atoms with van der Waals surface area (Å²) < 4.78 is 12.4. The first-order valence-corrected chi connectivity index (χ1v) is 16.4. The first-order valence-electron chi connectivity index (χ1n) is 16.4. The third-order valence-corrected chi connectivity index (χ3v) is 8.34. The largest absolute Gasteiger partial charge is 0.494 e. The molecule has 0 aliphatic carbocycles. The molecule has 1 aliphatic heterocycles. The Morgan fingerprint density at radius 2 is 1.60 bits per heavy atom. The Morgan fingerprint density at radius 1 is 0.917 bits per heavy atom. The van der Waals surface area contributed by atoms with Crippen LogP contribution in [0.15, 0.2) is 113 Å². The van der Waals surface area contributed by atoms with Crippen LogP contribution in [0.2, 0.25) is 0 Å². The quantitative estimate of drug-likeness (QED) is 0.0365. The van der Waals surface area contributed by atoms with Crippen LogP contribution in [0.1, 0.15) is 61.0 Å². The van der Waals surface area contributed by atoms with Gasteiger partial charge in [-0.2, -0.15) is 0 Å². The molecule has 10 nitrogen and oxygen atoms in total. The van der Waals surface area contributed by atoms with Crippen LogP contribution in [0.3, 0.4) is 0 Å². The lowest BCUT2D eigenvalue weighted by molar-refractivity contribution is -0.130. The summed E-state index contributed by atoms with van der Waals surface area (Å²) in [5.41, 5.74) is 19.0. The Morgan fingerprint density at radius 3 is 2.31 bits per heavy atom. The average molecular weight is 647 g/mol. The molecular formula is C38H42N6O4. The van der Waals surface area contributed by atoms with E-state index in [2.05, 4.69) is 39.9 Å². The van der Waals surface area contributed by atoms with Crippen LogP contribution in [0.5, 0.6) is 5.75 Å². The molecule has 0 radical (unpaired) electrons. The number of ether oxygens (including phenoxy) is 2. The van der Waals surface area contributed by atoms with Gasteiger partial charge in [0.25, 0.3) is 5.91 Å². The number of aliphatic imine (C=N–C) groups is 1. The molecule has 48 heavy (non-hydrogen) atoms. The number of rotatable bonds is 17. The first-order chi connectivity index (χ1) is 23.6. The molecular weight excluding hydrogens is 604 g/mol. The van der Waals surface area contributed by atoms with E-state index < -0.39 is 11.6 Å². The summed E-state index contributed by atoms with van der Waals surface area (Å²) in [4.78, 5) is 22.6. The molecule has 2 atom stereocenters. The van der Waals surface area contributed by atoms with E-state index in [1.165, 1.54) is 0 Å².